The predicted octanol–water partition coefficient (Wildman–Crippen LogP) is 1.42. The van der Waals surface area contributed by atoms with Gasteiger partial charge in [0.2, 0.25) is 5.91 Å². The maximum atomic E-state index is 13.1. The van der Waals surface area contributed by atoms with E-state index in [2.05, 4.69) is 0 Å². The van der Waals surface area contributed by atoms with Crippen LogP contribution in [0.1, 0.15) is 44.6 Å². The van der Waals surface area contributed by atoms with Crippen LogP contribution >= 0.6 is 0 Å². The fourth-order valence-electron chi connectivity index (χ4n) is 3.26. The van der Waals surface area contributed by atoms with Crippen molar-refractivity contribution < 1.29 is 28.2 Å². The summed E-state index contributed by atoms with van der Waals surface area (Å²) in [5, 5.41) is 18.8. The van der Waals surface area contributed by atoms with Gasteiger partial charge >= 0.3 is 5.97 Å². The van der Waals surface area contributed by atoms with Crippen LogP contribution in [0.2, 0.25) is 0 Å². The molecule has 150 valence electrons. The molecule has 1 saturated heterocycles. The van der Waals surface area contributed by atoms with E-state index in [1.807, 2.05) is 0 Å². The lowest BCUT2D eigenvalue weighted by Crippen LogP contribution is -2.53. The first-order valence-electron chi connectivity index (χ1n) is 9.01. The number of nitrogens with zero attached hydrogens (tertiary/aromatic N) is 1. The number of aliphatic hydroxyl groups excluding tert-OH is 1. The fraction of sp³-hybridized carbons (Fsp3) is 0.579. The highest BCUT2D eigenvalue weighted by molar-refractivity contribution is 7.93. The number of benzene rings is 1. The Balaban J connectivity index is 2.23. The number of carbonyl (C=O) groups is 2. The highest BCUT2D eigenvalue weighted by atomic mass is 32.2. The molecule has 1 heterocycles. The number of rotatable bonds is 7. The molecule has 1 atom stereocenters. The SMILES string of the molecule is CC(C)(C(=O)N1CCC(O)CC1)S(=O)(=O)CC(CC(=O)O)c1ccccc1. The second kappa shape index (κ2) is 8.39. The summed E-state index contributed by atoms with van der Waals surface area (Å²) in [4.78, 5) is 25.6. The molecule has 0 spiro atoms. The van der Waals surface area contributed by atoms with Gasteiger partial charge < -0.3 is 15.1 Å². The number of aliphatic carboxylic acids is 1. The van der Waals surface area contributed by atoms with Gasteiger partial charge in [-0.15, -0.1) is 0 Å². The van der Waals surface area contributed by atoms with Crippen molar-refractivity contribution in [1.29, 1.82) is 0 Å². The van der Waals surface area contributed by atoms with Crippen molar-refractivity contribution in [2.45, 2.75) is 49.9 Å². The monoisotopic (exact) mass is 397 g/mol. The van der Waals surface area contributed by atoms with Crippen LogP contribution in [0, 0.1) is 0 Å². The molecule has 7 nitrogen and oxygen atoms in total. The number of hydrogen-bond donors (Lipinski definition) is 2. The van der Waals surface area contributed by atoms with E-state index in [-0.39, 0.29) is 6.42 Å². The summed E-state index contributed by atoms with van der Waals surface area (Å²) in [6.45, 7) is 3.38. The van der Waals surface area contributed by atoms with Gasteiger partial charge in [-0.3, -0.25) is 9.59 Å². The van der Waals surface area contributed by atoms with Gasteiger partial charge in [0.1, 0.15) is 4.75 Å². The molecule has 1 aliphatic rings. The number of sulfone groups is 1. The van der Waals surface area contributed by atoms with Crippen molar-refractivity contribution in [2.24, 2.45) is 0 Å². The van der Waals surface area contributed by atoms with E-state index in [9.17, 15) is 28.2 Å². The van der Waals surface area contributed by atoms with Gasteiger partial charge in [0, 0.05) is 19.0 Å². The molecule has 1 amide bonds. The minimum atomic E-state index is -3.93. The molecule has 0 radical (unpaired) electrons. The van der Waals surface area contributed by atoms with Crippen LogP contribution in [-0.2, 0) is 19.4 Å². The molecule has 1 unspecified atom stereocenters. The minimum absolute atomic E-state index is 0.316. The average molecular weight is 397 g/mol. The minimum Gasteiger partial charge on any atom is -0.481 e. The first kappa shape index (κ1) is 21.4. The Morgan fingerprint density at radius 2 is 1.74 bits per heavy atom. The van der Waals surface area contributed by atoms with E-state index in [1.54, 1.807) is 30.3 Å². The second-order valence-electron chi connectivity index (χ2n) is 7.52. The number of piperidine rings is 1. The number of aliphatic hydroxyl groups is 1. The molecule has 1 fully saturated rings. The van der Waals surface area contributed by atoms with Gasteiger partial charge in [-0.05, 0) is 32.3 Å². The average Bonchev–Trinajstić information content (AvgIpc) is 2.61. The Morgan fingerprint density at radius 3 is 2.26 bits per heavy atom. The molecule has 2 N–H and O–H groups in total. The van der Waals surface area contributed by atoms with Crippen LogP contribution in [0.5, 0.6) is 0 Å². The van der Waals surface area contributed by atoms with E-state index in [0.29, 0.717) is 31.5 Å². The predicted molar refractivity (Wildman–Crippen MR) is 101 cm³/mol. The second-order valence-corrected chi connectivity index (χ2v) is 10.1. The van der Waals surface area contributed by atoms with Crippen molar-refractivity contribution in [3.05, 3.63) is 35.9 Å². The van der Waals surface area contributed by atoms with Crippen LogP contribution in [0.3, 0.4) is 0 Å². The number of hydrogen-bond acceptors (Lipinski definition) is 5. The van der Waals surface area contributed by atoms with Crippen molar-refractivity contribution in [1.82, 2.24) is 4.90 Å². The molecule has 0 bridgehead atoms. The third-order valence-corrected chi connectivity index (χ3v) is 7.73. The van der Waals surface area contributed by atoms with Crippen LogP contribution < -0.4 is 0 Å². The molecular weight excluding hydrogens is 370 g/mol. The summed E-state index contributed by atoms with van der Waals surface area (Å²) in [7, 11) is -3.93. The lowest BCUT2D eigenvalue weighted by Gasteiger charge is -2.36. The third kappa shape index (κ3) is 5.07. The van der Waals surface area contributed by atoms with Gasteiger partial charge in [0.05, 0.1) is 18.3 Å². The largest absolute Gasteiger partial charge is 0.481 e. The summed E-state index contributed by atoms with van der Waals surface area (Å²) in [6, 6.07) is 8.63. The molecule has 0 saturated carbocycles. The van der Waals surface area contributed by atoms with Crippen molar-refractivity contribution in [2.75, 3.05) is 18.8 Å². The first-order chi connectivity index (χ1) is 12.5. The molecule has 0 aromatic heterocycles. The Labute approximate surface area is 159 Å². The maximum absolute atomic E-state index is 13.1. The van der Waals surface area contributed by atoms with Crippen LogP contribution in [-0.4, -0.2) is 65.1 Å². The van der Waals surface area contributed by atoms with Crippen LogP contribution in [0.15, 0.2) is 30.3 Å². The molecule has 0 aliphatic carbocycles. The zero-order valence-corrected chi connectivity index (χ0v) is 16.5. The summed E-state index contributed by atoms with van der Waals surface area (Å²) in [5.74, 6) is -2.74. The lowest BCUT2D eigenvalue weighted by atomic mass is 9.98. The lowest BCUT2D eigenvalue weighted by molar-refractivity contribution is -0.137. The summed E-state index contributed by atoms with van der Waals surface area (Å²) < 4.78 is 24.5. The molecule has 1 aromatic rings. The van der Waals surface area contributed by atoms with E-state index in [4.69, 9.17) is 0 Å². The van der Waals surface area contributed by atoms with Gasteiger partial charge in [-0.1, -0.05) is 30.3 Å². The van der Waals surface area contributed by atoms with E-state index < -0.39 is 44.2 Å². The molecule has 27 heavy (non-hydrogen) atoms. The number of likely N-dealkylation sites (tertiary alicyclic amines) is 1. The standard InChI is InChI=1S/C19H27NO6S/c1-19(2,18(24)20-10-8-16(21)9-11-20)27(25,26)13-15(12-17(22)23)14-6-4-3-5-7-14/h3-7,15-16,21H,8-13H2,1-2H3,(H,22,23). The van der Waals surface area contributed by atoms with E-state index >= 15 is 0 Å². The Morgan fingerprint density at radius 1 is 1.19 bits per heavy atom. The Kier molecular flexibility index (Phi) is 6.64. The van der Waals surface area contributed by atoms with Gasteiger partial charge in [-0.25, -0.2) is 8.42 Å². The molecule has 1 aromatic carbocycles. The van der Waals surface area contributed by atoms with Gasteiger partial charge in [0.15, 0.2) is 9.84 Å². The molecule has 8 heteroatoms. The Bertz CT molecular complexity index is 767. The van der Waals surface area contributed by atoms with Crippen molar-refractivity contribution in [3.63, 3.8) is 0 Å². The van der Waals surface area contributed by atoms with Crippen molar-refractivity contribution in [3.8, 4) is 0 Å². The summed E-state index contributed by atoms with van der Waals surface area (Å²) in [5.41, 5.74) is 0.618. The first-order valence-corrected chi connectivity index (χ1v) is 10.7. The molecule has 1 aliphatic heterocycles. The smallest absolute Gasteiger partial charge is 0.303 e. The molecular formula is C19H27NO6S. The zero-order chi connectivity index (χ0) is 20.2. The van der Waals surface area contributed by atoms with Crippen LogP contribution in [0.25, 0.3) is 0 Å². The van der Waals surface area contributed by atoms with Gasteiger partial charge in [0.25, 0.3) is 0 Å². The molecule has 2 rings (SSSR count). The van der Waals surface area contributed by atoms with Gasteiger partial charge in [-0.2, -0.15) is 0 Å². The zero-order valence-electron chi connectivity index (χ0n) is 15.7. The number of carboxylic acids is 1. The van der Waals surface area contributed by atoms with E-state index in [0.717, 1.165) is 0 Å². The highest BCUT2D eigenvalue weighted by Crippen LogP contribution is 2.29. The highest BCUT2D eigenvalue weighted by Gasteiger charge is 2.45. The van der Waals surface area contributed by atoms with Crippen LogP contribution in [0.4, 0.5) is 0 Å². The quantitative estimate of drug-likeness (QED) is 0.720. The normalized spacial score (nSPS) is 17.5. The summed E-state index contributed by atoms with van der Waals surface area (Å²) >= 11 is 0. The number of carboxylic acid groups (broad SMARTS) is 1. The number of amides is 1. The maximum Gasteiger partial charge on any atom is 0.303 e. The summed E-state index contributed by atoms with van der Waals surface area (Å²) in [6.07, 6.45) is 0.0524. The Hall–Kier alpha value is -1.93. The topological polar surface area (TPSA) is 112 Å². The number of carbonyl (C=O) groups excluding carboxylic acids is 1. The van der Waals surface area contributed by atoms with E-state index in [1.165, 1.54) is 18.7 Å². The fourth-order valence-corrected chi connectivity index (χ4v) is 4.92. The van der Waals surface area contributed by atoms with Crippen molar-refractivity contribution >= 4 is 21.7 Å². The third-order valence-electron chi connectivity index (χ3n) is 5.16.